The summed E-state index contributed by atoms with van der Waals surface area (Å²) in [7, 11) is 0. The van der Waals surface area contributed by atoms with Gasteiger partial charge < -0.3 is 10.5 Å². The molecule has 0 spiro atoms. The van der Waals surface area contributed by atoms with Crippen LogP contribution in [0.4, 0.5) is 13.2 Å². The van der Waals surface area contributed by atoms with Gasteiger partial charge in [0.05, 0.1) is 5.56 Å². The Morgan fingerprint density at radius 2 is 1.60 bits per heavy atom. The second-order valence-corrected chi connectivity index (χ2v) is 5.32. The number of rotatable bonds is 3. The molecule has 6 heteroatoms. The van der Waals surface area contributed by atoms with Gasteiger partial charge in [-0.1, -0.05) is 6.07 Å². The minimum Gasteiger partial charge on any atom is -0.457 e. The standard InChI is InChI=1S/C14H11F3INO/c15-14(16,17)13-7-12(4-1-9(13)8-19)20-11-5-2-10(18)3-6-11/h1-7H,8,19H2. The lowest BCUT2D eigenvalue weighted by Gasteiger charge is -2.14. The van der Waals surface area contributed by atoms with E-state index in [1.165, 1.54) is 12.1 Å². The van der Waals surface area contributed by atoms with Crippen LogP contribution in [0.2, 0.25) is 0 Å². The van der Waals surface area contributed by atoms with Crippen molar-refractivity contribution < 1.29 is 17.9 Å². The van der Waals surface area contributed by atoms with Crippen LogP contribution in [0.25, 0.3) is 0 Å². The first kappa shape index (κ1) is 15.1. The summed E-state index contributed by atoms with van der Waals surface area (Å²) in [5, 5.41) is 0. The first-order chi connectivity index (χ1) is 9.40. The van der Waals surface area contributed by atoms with Crippen LogP contribution < -0.4 is 10.5 Å². The Hall–Kier alpha value is -1.28. The van der Waals surface area contributed by atoms with Crippen molar-refractivity contribution in [2.24, 2.45) is 5.73 Å². The Morgan fingerprint density at radius 3 is 2.15 bits per heavy atom. The molecule has 0 amide bonds. The number of nitrogens with two attached hydrogens (primary N) is 1. The summed E-state index contributed by atoms with van der Waals surface area (Å²) in [6, 6.07) is 10.8. The van der Waals surface area contributed by atoms with Crippen LogP contribution in [-0.4, -0.2) is 0 Å². The van der Waals surface area contributed by atoms with Gasteiger partial charge >= 0.3 is 6.18 Å². The molecule has 2 aromatic rings. The molecule has 0 fully saturated rings. The maximum absolute atomic E-state index is 12.9. The van der Waals surface area contributed by atoms with Gasteiger partial charge in [0.1, 0.15) is 11.5 Å². The number of hydrogen-bond acceptors (Lipinski definition) is 2. The van der Waals surface area contributed by atoms with E-state index in [-0.39, 0.29) is 17.9 Å². The van der Waals surface area contributed by atoms with Gasteiger partial charge in [-0.15, -0.1) is 0 Å². The summed E-state index contributed by atoms with van der Waals surface area (Å²) in [5.74, 6) is 0.620. The van der Waals surface area contributed by atoms with E-state index in [9.17, 15) is 13.2 Å². The van der Waals surface area contributed by atoms with Gasteiger partial charge in [-0.05, 0) is 64.6 Å². The Kier molecular flexibility index (Phi) is 4.54. The molecule has 0 bridgehead atoms. The predicted octanol–water partition coefficient (Wildman–Crippen LogP) is 4.56. The second-order valence-electron chi connectivity index (χ2n) is 4.08. The molecule has 2 N–H and O–H groups in total. The Bertz CT molecular complexity index is 596. The van der Waals surface area contributed by atoms with E-state index >= 15 is 0 Å². The molecule has 2 aromatic carbocycles. The molecule has 106 valence electrons. The molecule has 0 aliphatic heterocycles. The van der Waals surface area contributed by atoms with Gasteiger partial charge in [0.2, 0.25) is 0 Å². The fourth-order valence-corrected chi connectivity index (χ4v) is 2.06. The van der Waals surface area contributed by atoms with E-state index in [1.807, 2.05) is 12.1 Å². The molecule has 20 heavy (non-hydrogen) atoms. The van der Waals surface area contributed by atoms with Crippen LogP contribution in [0, 0.1) is 3.57 Å². The first-order valence-corrected chi connectivity index (χ1v) is 6.81. The molecule has 0 saturated carbocycles. The van der Waals surface area contributed by atoms with Crippen molar-refractivity contribution in [2.75, 3.05) is 0 Å². The zero-order valence-corrected chi connectivity index (χ0v) is 12.4. The SMILES string of the molecule is NCc1ccc(Oc2ccc(I)cc2)cc1C(F)(F)F. The maximum Gasteiger partial charge on any atom is 0.416 e. The average molecular weight is 393 g/mol. The predicted molar refractivity (Wildman–Crippen MR) is 78.6 cm³/mol. The quantitative estimate of drug-likeness (QED) is 0.777. The molecule has 2 rings (SSSR count). The minimum absolute atomic E-state index is 0.0486. The van der Waals surface area contributed by atoms with Crippen molar-refractivity contribution in [3.63, 3.8) is 0 Å². The van der Waals surface area contributed by atoms with Crippen LogP contribution in [0.5, 0.6) is 11.5 Å². The summed E-state index contributed by atoms with van der Waals surface area (Å²) >= 11 is 2.13. The number of ether oxygens (including phenoxy) is 1. The Labute approximate surface area is 127 Å². The van der Waals surface area contributed by atoms with E-state index < -0.39 is 11.7 Å². The second kappa shape index (κ2) is 6.01. The molecule has 0 saturated heterocycles. The zero-order chi connectivity index (χ0) is 14.8. The topological polar surface area (TPSA) is 35.2 Å². The number of alkyl halides is 3. The fraction of sp³-hybridized carbons (Fsp3) is 0.143. The van der Waals surface area contributed by atoms with E-state index in [1.54, 1.807) is 12.1 Å². The van der Waals surface area contributed by atoms with E-state index in [4.69, 9.17) is 10.5 Å². The molecule has 0 heterocycles. The maximum atomic E-state index is 12.9. The summed E-state index contributed by atoms with van der Waals surface area (Å²) < 4.78 is 45.1. The van der Waals surface area contributed by atoms with Crippen molar-refractivity contribution in [3.05, 3.63) is 57.2 Å². The van der Waals surface area contributed by atoms with Crippen molar-refractivity contribution in [2.45, 2.75) is 12.7 Å². The van der Waals surface area contributed by atoms with Crippen molar-refractivity contribution in [3.8, 4) is 11.5 Å². The fourth-order valence-electron chi connectivity index (χ4n) is 1.70. The molecular weight excluding hydrogens is 382 g/mol. The minimum atomic E-state index is -4.44. The molecule has 0 aromatic heterocycles. The van der Waals surface area contributed by atoms with Gasteiger partial charge in [0.15, 0.2) is 0 Å². The highest BCUT2D eigenvalue weighted by molar-refractivity contribution is 14.1. The highest BCUT2D eigenvalue weighted by Gasteiger charge is 2.33. The van der Waals surface area contributed by atoms with Crippen LogP contribution in [-0.2, 0) is 12.7 Å². The molecular formula is C14H11F3INO. The third kappa shape index (κ3) is 3.63. The van der Waals surface area contributed by atoms with Gasteiger partial charge in [0.25, 0.3) is 0 Å². The third-order valence-corrected chi connectivity index (χ3v) is 3.38. The molecule has 0 unspecified atom stereocenters. The normalized spacial score (nSPS) is 11.4. The summed E-state index contributed by atoms with van der Waals surface area (Å²) in [5.41, 5.74) is 4.61. The molecule has 0 aliphatic rings. The van der Waals surface area contributed by atoms with Crippen LogP contribution in [0.1, 0.15) is 11.1 Å². The first-order valence-electron chi connectivity index (χ1n) is 5.74. The summed E-state index contributed by atoms with van der Waals surface area (Å²) in [6.07, 6.45) is -4.44. The summed E-state index contributed by atoms with van der Waals surface area (Å²) in [4.78, 5) is 0. The van der Waals surface area contributed by atoms with Crippen molar-refractivity contribution >= 4 is 22.6 Å². The van der Waals surface area contributed by atoms with E-state index in [2.05, 4.69) is 22.6 Å². The molecule has 0 atom stereocenters. The monoisotopic (exact) mass is 393 g/mol. The van der Waals surface area contributed by atoms with Crippen LogP contribution >= 0.6 is 22.6 Å². The smallest absolute Gasteiger partial charge is 0.416 e. The number of halogens is 4. The third-order valence-electron chi connectivity index (χ3n) is 2.66. The summed E-state index contributed by atoms with van der Waals surface area (Å²) in [6.45, 7) is -0.168. The average Bonchev–Trinajstić information content (AvgIpc) is 2.40. The van der Waals surface area contributed by atoms with Crippen LogP contribution in [0.15, 0.2) is 42.5 Å². The lowest BCUT2D eigenvalue weighted by molar-refractivity contribution is -0.138. The van der Waals surface area contributed by atoms with Crippen LogP contribution in [0.3, 0.4) is 0 Å². The highest BCUT2D eigenvalue weighted by Crippen LogP contribution is 2.35. The lowest BCUT2D eigenvalue weighted by atomic mass is 10.1. The van der Waals surface area contributed by atoms with E-state index in [0.717, 1.165) is 9.64 Å². The molecule has 2 nitrogen and oxygen atoms in total. The Balaban J connectivity index is 2.31. The lowest BCUT2D eigenvalue weighted by Crippen LogP contribution is -2.11. The van der Waals surface area contributed by atoms with Crippen molar-refractivity contribution in [1.29, 1.82) is 0 Å². The van der Waals surface area contributed by atoms with Crippen molar-refractivity contribution in [1.82, 2.24) is 0 Å². The van der Waals surface area contributed by atoms with Gasteiger partial charge in [-0.25, -0.2) is 0 Å². The Morgan fingerprint density at radius 1 is 1.00 bits per heavy atom. The largest absolute Gasteiger partial charge is 0.457 e. The zero-order valence-electron chi connectivity index (χ0n) is 10.2. The van der Waals surface area contributed by atoms with Gasteiger partial charge in [-0.2, -0.15) is 13.2 Å². The van der Waals surface area contributed by atoms with Gasteiger partial charge in [-0.3, -0.25) is 0 Å². The molecule has 0 radical (unpaired) electrons. The molecule has 0 aliphatic carbocycles. The highest BCUT2D eigenvalue weighted by atomic mass is 127. The number of benzene rings is 2. The van der Waals surface area contributed by atoms with E-state index in [0.29, 0.717) is 5.75 Å². The van der Waals surface area contributed by atoms with Gasteiger partial charge in [0, 0.05) is 10.1 Å². The number of hydrogen-bond donors (Lipinski definition) is 1.